The van der Waals surface area contributed by atoms with E-state index in [0.29, 0.717) is 41.9 Å². The lowest BCUT2D eigenvalue weighted by molar-refractivity contribution is -0.156. The van der Waals surface area contributed by atoms with E-state index in [0.717, 1.165) is 25.7 Å². The number of carbonyl (C=O) groups excluding carboxylic acids is 2. The number of carbonyl (C=O) groups is 2. The van der Waals surface area contributed by atoms with Gasteiger partial charge < -0.3 is 4.90 Å². The number of piperidine rings is 1. The third kappa shape index (κ3) is 1.80. The van der Waals surface area contributed by atoms with Crippen LogP contribution in [-0.4, -0.2) is 29.7 Å². The van der Waals surface area contributed by atoms with E-state index in [9.17, 15) is 9.59 Å². The monoisotopic (exact) mass is 303 g/mol. The van der Waals surface area contributed by atoms with Crippen molar-refractivity contribution in [1.29, 1.82) is 0 Å². The number of rotatable bonds is 0. The van der Waals surface area contributed by atoms with Crippen LogP contribution in [0.2, 0.25) is 0 Å². The number of nitrogens with zero attached hydrogens (tertiary/aromatic N) is 1. The SMILES string of the molecule is CN1C(=O)CC[C@@]2(C)C1CC[C@@H]1[C@H]2CC[C@]2(C)CC(=O)C[C@@H]12. The molecule has 3 aliphatic carbocycles. The fourth-order valence-corrected chi connectivity index (χ4v) is 6.93. The predicted octanol–water partition coefficient (Wildman–Crippen LogP) is 3.42. The number of Topliss-reactive ketones (excluding diaryl/α,β-unsaturated/α-hetero) is 1. The molecule has 3 nitrogen and oxygen atoms in total. The maximum Gasteiger partial charge on any atom is 0.222 e. The molecule has 0 aromatic heterocycles. The van der Waals surface area contributed by atoms with E-state index in [1.54, 1.807) is 0 Å². The Morgan fingerprint density at radius 2 is 1.82 bits per heavy atom. The van der Waals surface area contributed by atoms with Gasteiger partial charge >= 0.3 is 0 Å². The van der Waals surface area contributed by atoms with Crippen molar-refractivity contribution in [2.24, 2.45) is 28.6 Å². The zero-order valence-corrected chi connectivity index (χ0v) is 14.2. The Morgan fingerprint density at radius 3 is 2.59 bits per heavy atom. The number of amides is 1. The van der Waals surface area contributed by atoms with Gasteiger partial charge in [-0.1, -0.05) is 13.8 Å². The van der Waals surface area contributed by atoms with Gasteiger partial charge in [-0.05, 0) is 60.7 Å². The molecule has 3 heteroatoms. The van der Waals surface area contributed by atoms with Gasteiger partial charge in [0.25, 0.3) is 0 Å². The maximum atomic E-state index is 12.1. The van der Waals surface area contributed by atoms with E-state index in [2.05, 4.69) is 13.8 Å². The average molecular weight is 303 g/mol. The van der Waals surface area contributed by atoms with Crippen molar-refractivity contribution in [1.82, 2.24) is 4.90 Å². The third-order valence-electron chi connectivity index (χ3n) is 8.12. The summed E-state index contributed by atoms with van der Waals surface area (Å²) >= 11 is 0. The molecule has 0 radical (unpaired) electrons. The van der Waals surface area contributed by atoms with Crippen molar-refractivity contribution in [3.63, 3.8) is 0 Å². The number of likely N-dealkylation sites (tertiary alicyclic amines) is 1. The molecule has 0 aromatic rings. The van der Waals surface area contributed by atoms with Crippen molar-refractivity contribution in [2.45, 2.75) is 71.3 Å². The summed E-state index contributed by atoms with van der Waals surface area (Å²) in [4.78, 5) is 26.3. The van der Waals surface area contributed by atoms with Gasteiger partial charge in [0.2, 0.25) is 5.91 Å². The largest absolute Gasteiger partial charge is 0.342 e. The van der Waals surface area contributed by atoms with Crippen LogP contribution < -0.4 is 0 Å². The van der Waals surface area contributed by atoms with Gasteiger partial charge in [0.05, 0.1) is 0 Å². The number of hydrogen-bond acceptors (Lipinski definition) is 2. The first-order chi connectivity index (χ1) is 10.3. The Labute approximate surface area is 133 Å². The summed E-state index contributed by atoms with van der Waals surface area (Å²) in [7, 11) is 2.01. The van der Waals surface area contributed by atoms with Crippen LogP contribution in [0.3, 0.4) is 0 Å². The van der Waals surface area contributed by atoms with Crippen LogP contribution in [0.1, 0.15) is 65.2 Å². The van der Waals surface area contributed by atoms with Crippen molar-refractivity contribution < 1.29 is 9.59 Å². The summed E-state index contributed by atoms with van der Waals surface area (Å²) in [6, 6.07) is 0.427. The van der Waals surface area contributed by atoms with E-state index in [-0.39, 0.29) is 10.8 Å². The molecule has 6 atom stereocenters. The van der Waals surface area contributed by atoms with Crippen LogP contribution in [0.15, 0.2) is 0 Å². The molecule has 122 valence electrons. The molecule has 0 N–H and O–H groups in total. The van der Waals surface area contributed by atoms with Gasteiger partial charge in [0.1, 0.15) is 5.78 Å². The van der Waals surface area contributed by atoms with Crippen molar-refractivity contribution >= 4 is 11.7 Å². The van der Waals surface area contributed by atoms with Crippen molar-refractivity contribution in [3.05, 3.63) is 0 Å². The maximum absolute atomic E-state index is 12.1. The Morgan fingerprint density at radius 1 is 1.05 bits per heavy atom. The second-order valence-electron chi connectivity index (χ2n) is 9.09. The van der Waals surface area contributed by atoms with E-state index in [1.165, 1.54) is 19.3 Å². The van der Waals surface area contributed by atoms with Crippen LogP contribution in [-0.2, 0) is 9.59 Å². The zero-order chi connectivity index (χ0) is 15.7. The van der Waals surface area contributed by atoms with Crippen LogP contribution in [0.5, 0.6) is 0 Å². The Balaban J connectivity index is 1.66. The standard InChI is InChI=1S/C19H29NO2/c1-18-8-6-14-13(15(18)10-12(21)11-18)4-5-16-19(14,2)9-7-17(22)20(16)3/h13-16H,4-11H2,1-3H3/t13-,14-,15+,16?,18-,19-/m1/s1. The molecule has 1 saturated heterocycles. The number of fused-ring (bicyclic) bond motifs is 5. The van der Waals surface area contributed by atoms with Crippen molar-refractivity contribution in [2.75, 3.05) is 7.05 Å². The smallest absolute Gasteiger partial charge is 0.222 e. The Bertz CT molecular complexity index is 530. The fourth-order valence-electron chi connectivity index (χ4n) is 6.93. The second-order valence-corrected chi connectivity index (χ2v) is 9.09. The topological polar surface area (TPSA) is 37.4 Å². The van der Waals surface area contributed by atoms with Gasteiger partial charge in [-0.3, -0.25) is 9.59 Å². The summed E-state index contributed by atoms with van der Waals surface area (Å²) in [6.07, 6.45) is 8.25. The summed E-state index contributed by atoms with van der Waals surface area (Å²) in [5.74, 6) is 2.87. The molecule has 0 bridgehead atoms. The normalized spacial score (nSPS) is 51.3. The second kappa shape index (κ2) is 4.58. The van der Waals surface area contributed by atoms with E-state index in [4.69, 9.17) is 0 Å². The van der Waals surface area contributed by atoms with E-state index in [1.807, 2.05) is 11.9 Å². The van der Waals surface area contributed by atoms with Crippen molar-refractivity contribution in [3.8, 4) is 0 Å². The summed E-state index contributed by atoms with van der Waals surface area (Å²) < 4.78 is 0. The summed E-state index contributed by atoms with van der Waals surface area (Å²) in [5.41, 5.74) is 0.552. The predicted molar refractivity (Wildman–Crippen MR) is 85.2 cm³/mol. The highest BCUT2D eigenvalue weighted by Crippen LogP contribution is 2.64. The number of hydrogen-bond donors (Lipinski definition) is 0. The lowest BCUT2D eigenvalue weighted by atomic mass is 9.47. The highest BCUT2D eigenvalue weighted by molar-refractivity contribution is 5.82. The molecule has 4 aliphatic rings. The van der Waals surface area contributed by atoms with E-state index >= 15 is 0 Å². The minimum atomic E-state index is 0.276. The molecule has 1 amide bonds. The molecule has 0 spiro atoms. The first kappa shape index (κ1) is 14.7. The molecule has 22 heavy (non-hydrogen) atoms. The third-order valence-corrected chi connectivity index (χ3v) is 8.12. The van der Waals surface area contributed by atoms with Gasteiger partial charge in [-0.15, -0.1) is 0 Å². The van der Waals surface area contributed by atoms with Crippen LogP contribution in [0.25, 0.3) is 0 Å². The summed E-state index contributed by atoms with van der Waals surface area (Å²) in [5, 5.41) is 0. The van der Waals surface area contributed by atoms with Gasteiger partial charge in [-0.2, -0.15) is 0 Å². The Kier molecular flexibility index (Phi) is 3.06. The molecule has 1 aliphatic heterocycles. The highest BCUT2D eigenvalue weighted by Gasteiger charge is 2.60. The molecule has 1 heterocycles. The van der Waals surface area contributed by atoms with Crippen LogP contribution in [0, 0.1) is 28.6 Å². The van der Waals surface area contributed by atoms with Gasteiger partial charge in [-0.25, -0.2) is 0 Å². The van der Waals surface area contributed by atoms with E-state index < -0.39 is 0 Å². The first-order valence-electron chi connectivity index (χ1n) is 9.12. The zero-order valence-electron chi connectivity index (χ0n) is 14.2. The molecular formula is C19H29NO2. The van der Waals surface area contributed by atoms with Crippen LogP contribution >= 0.6 is 0 Å². The molecule has 0 aromatic carbocycles. The quantitative estimate of drug-likeness (QED) is 0.687. The molecule has 4 rings (SSSR count). The molecular weight excluding hydrogens is 274 g/mol. The Hall–Kier alpha value is -0.860. The summed E-state index contributed by atoms with van der Waals surface area (Å²) in [6.45, 7) is 4.81. The number of ketones is 1. The molecule has 3 saturated carbocycles. The lowest BCUT2D eigenvalue weighted by Gasteiger charge is -2.61. The molecule has 4 fully saturated rings. The lowest BCUT2D eigenvalue weighted by Crippen LogP contribution is -2.61. The minimum Gasteiger partial charge on any atom is -0.342 e. The van der Waals surface area contributed by atoms with Gasteiger partial charge in [0.15, 0.2) is 0 Å². The minimum absolute atomic E-state index is 0.276. The molecule has 1 unspecified atom stereocenters. The fraction of sp³-hybridized carbons (Fsp3) is 0.895. The van der Waals surface area contributed by atoms with Gasteiger partial charge in [0, 0.05) is 32.4 Å². The highest BCUT2D eigenvalue weighted by atomic mass is 16.2. The first-order valence-corrected chi connectivity index (χ1v) is 9.12. The average Bonchev–Trinajstić information content (AvgIpc) is 2.78. The van der Waals surface area contributed by atoms with Crippen LogP contribution in [0.4, 0.5) is 0 Å².